The zero-order chi connectivity index (χ0) is 20.5. The van der Waals surface area contributed by atoms with Crippen LogP contribution in [-0.4, -0.2) is 31.1 Å². The Morgan fingerprint density at radius 3 is 1.79 bits per heavy atom. The van der Waals surface area contributed by atoms with Crippen molar-refractivity contribution in [2.75, 3.05) is 26.2 Å². The van der Waals surface area contributed by atoms with Crippen molar-refractivity contribution in [1.29, 1.82) is 0 Å². The van der Waals surface area contributed by atoms with Crippen molar-refractivity contribution in [2.45, 2.75) is 66.3 Å². The molecule has 0 radical (unpaired) electrons. The fourth-order valence-corrected chi connectivity index (χ4v) is 3.20. The highest BCUT2D eigenvalue weighted by Gasteiger charge is 2.03. The molecule has 0 saturated heterocycles. The number of unbranched alkanes of at least 4 members (excludes halogenated alkanes) is 2. The zero-order valence-corrected chi connectivity index (χ0v) is 18.7. The van der Waals surface area contributed by atoms with Crippen LogP contribution in [0, 0.1) is 0 Å². The van der Waals surface area contributed by atoms with Gasteiger partial charge in [0.2, 0.25) is 0 Å². The van der Waals surface area contributed by atoms with Crippen LogP contribution in [0.3, 0.4) is 0 Å². The highest BCUT2D eigenvalue weighted by molar-refractivity contribution is 5.63. The molecule has 156 valence electrons. The van der Waals surface area contributed by atoms with Gasteiger partial charge >= 0.3 is 0 Å². The lowest BCUT2D eigenvalue weighted by Crippen LogP contribution is -2.29. The van der Waals surface area contributed by atoms with E-state index in [1.165, 1.54) is 68.4 Å². The van der Waals surface area contributed by atoms with Crippen LogP contribution in [0.4, 0.5) is 0 Å². The summed E-state index contributed by atoms with van der Waals surface area (Å²) in [6.45, 7) is 14.4. The van der Waals surface area contributed by atoms with Crippen LogP contribution in [0.15, 0.2) is 54.6 Å². The predicted octanol–water partition coefficient (Wildman–Crippen LogP) is 6.76. The van der Waals surface area contributed by atoms with E-state index in [0.29, 0.717) is 0 Å². The summed E-state index contributed by atoms with van der Waals surface area (Å²) in [5, 5.41) is 3.60. The van der Waals surface area contributed by atoms with Gasteiger partial charge in [0.25, 0.3) is 0 Å². The van der Waals surface area contributed by atoms with Gasteiger partial charge < -0.3 is 10.2 Å². The molecule has 0 aromatic heterocycles. The quantitative estimate of drug-likeness (QED) is 0.385. The minimum Gasteiger partial charge on any atom is -0.313 e. The number of nitrogens with one attached hydrogen (secondary N) is 1. The van der Waals surface area contributed by atoms with E-state index >= 15 is 0 Å². The Kier molecular flexibility index (Phi) is 14.2. The average molecular weight is 383 g/mol. The molecule has 0 aliphatic carbocycles. The van der Waals surface area contributed by atoms with E-state index < -0.39 is 0 Å². The third-order valence-electron chi connectivity index (χ3n) is 4.87. The van der Waals surface area contributed by atoms with Crippen LogP contribution in [0.2, 0.25) is 0 Å². The summed E-state index contributed by atoms with van der Waals surface area (Å²) < 4.78 is 0. The minimum atomic E-state index is 0.957. The van der Waals surface area contributed by atoms with Crippen LogP contribution >= 0.6 is 0 Å². The second kappa shape index (κ2) is 16.3. The second-order valence-electron chi connectivity index (χ2n) is 7.14. The lowest BCUT2D eigenvalue weighted by molar-refractivity contribution is 0.261. The Balaban J connectivity index is 0.00000190. The van der Waals surface area contributed by atoms with E-state index in [9.17, 15) is 0 Å². The van der Waals surface area contributed by atoms with Gasteiger partial charge in [0, 0.05) is 6.54 Å². The van der Waals surface area contributed by atoms with Crippen molar-refractivity contribution >= 4 is 0 Å². The van der Waals surface area contributed by atoms with Gasteiger partial charge in [-0.15, -0.1) is 0 Å². The monoisotopic (exact) mass is 382 g/mol. The first-order chi connectivity index (χ1) is 13.8. The molecule has 0 fully saturated rings. The SMILES string of the molecule is CC.CCCCN(CCCC)CCCNCc1ccc(-c2ccccc2)cc1. The molecule has 28 heavy (non-hydrogen) atoms. The third kappa shape index (κ3) is 10.1. The van der Waals surface area contributed by atoms with Gasteiger partial charge in [0.05, 0.1) is 0 Å². The predicted molar refractivity (Wildman–Crippen MR) is 126 cm³/mol. The highest BCUT2D eigenvalue weighted by Crippen LogP contribution is 2.19. The molecule has 2 rings (SSSR count). The number of benzene rings is 2. The van der Waals surface area contributed by atoms with Crippen LogP contribution in [0.5, 0.6) is 0 Å². The van der Waals surface area contributed by atoms with E-state index in [4.69, 9.17) is 0 Å². The highest BCUT2D eigenvalue weighted by atomic mass is 15.1. The van der Waals surface area contributed by atoms with Crippen molar-refractivity contribution in [3.8, 4) is 11.1 Å². The van der Waals surface area contributed by atoms with Crippen molar-refractivity contribution in [2.24, 2.45) is 0 Å². The zero-order valence-electron chi connectivity index (χ0n) is 18.7. The van der Waals surface area contributed by atoms with Gasteiger partial charge in [-0.05, 0) is 62.1 Å². The van der Waals surface area contributed by atoms with Crippen LogP contribution in [0.1, 0.15) is 65.4 Å². The van der Waals surface area contributed by atoms with E-state index in [-0.39, 0.29) is 0 Å². The Bertz CT molecular complexity index is 569. The number of hydrogen-bond donors (Lipinski definition) is 1. The summed E-state index contributed by atoms with van der Waals surface area (Å²) in [6, 6.07) is 19.5. The van der Waals surface area contributed by atoms with Gasteiger partial charge in [-0.2, -0.15) is 0 Å². The minimum absolute atomic E-state index is 0.957. The Morgan fingerprint density at radius 2 is 1.21 bits per heavy atom. The van der Waals surface area contributed by atoms with Crippen molar-refractivity contribution in [3.63, 3.8) is 0 Å². The first-order valence-electron chi connectivity index (χ1n) is 11.4. The maximum Gasteiger partial charge on any atom is 0.0205 e. The molecular formula is C26H42N2. The van der Waals surface area contributed by atoms with Crippen LogP contribution in [-0.2, 0) is 6.54 Å². The number of nitrogens with zero attached hydrogens (tertiary/aromatic N) is 1. The topological polar surface area (TPSA) is 15.3 Å². The van der Waals surface area contributed by atoms with E-state index in [1.807, 2.05) is 13.8 Å². The molecule has 0 atom stereocenters. The summed E-state index contributed by atoms with van der Waals surface area (Å²) in [6.07, 6.45) is 6.46. The first kappa shape index (κ1) is 24.4. The molecule has 0 saturated carbocycles. The van der Waals surface area contributed by atoms with Crippen molar-refractivity contribution in [3.05, 3.63) is 60.2 Å². The van der Waals surface area contributed by atoms with Gasteiger partial charge in [0.15, 0.2) is 0 Å². The molecule has 1 N–H and O–H groups in total. The van der Waals surface area contributed by atoms with Crippen LogP contribution < -0.4 is 5.32 Å². The largest absolute Gasteiger partial charge is 0.313 e. The first-order valence-corrected chi connectivity index (χ1v) is 11.4. The molecular weight excluding hydrogens is 340 g/mol. The van der Waals surface area contributed by atoms with Gasteiger partial charge in [0.1, 0.15) is 0 Å². The molecule has 0 unspecified atom stereocenters. The Labute approximate surface area is 174 Å². The molecule has 0 heterocycles. The molecule has 0 spiro atoms. The van der Waals surface area contributed by atoms with Gasteiger partial charge in [-0.1, -0.05) is 95.1 Å². The molecule has 0 bridgehead atoms. The van der Waals surface area contributed by atoms with Crippen LogP contribution in [0.25, 0.3) is 11.1 Å². The standard InChI is InChI=1S/C24H36N2.C2H6/c1-3-5-18-26(19-6-4-2)20-10-17-25-21-22-13-15-24(16-14-22)23-11-8-7-9-12-23;1-2/h7-9,11-16,25H,3-6,10,17-21H2,1-2H3;1-2H3. The van der Waals surface area contributed by atoms with E-state index in [2.05, 4.69) is 78.7 Å². The lowest BCUT2D eigenvalue weighted by atomic mass is 10.0. The maximum atomic E-state index is 3.60. The Hall–Kier alpha value is -1.64. The van der Waals surface area contributed by atoms with Crippen molar-refractivity contribution < 1.29 is 0 Å². The van der Waals surface area contributed by atoms with Gasteiger partial charge in [-0.25, -0.2) is 0 Å². The smallest absolute Gasteiger partial charge is 0.0205 e. The fraction of sp³-hybridized carbons (Fsp3) is 0.538. The molecule has 2 nitrogen and oxygen atoms in total. The van der Waals surface area contributed by atoms with Crippen molar-refractivity contribution in [1.82, 2.24) is 10.2 Å². The molecule has 0 aliphatic heterocycles. The number of rotatable bonds is 13. The average Bonchev–Trinajstić information content (AvgIpc) is 2.77. The molecule has 0 amide bonds. The molecule has 2 heteroatoms. The second-order valence-corrected chi connectivity index (χ2v) is 7.14. The number of hydrogen-bond acceptors (Lipinski definition) is 2. The lowest BCUT2D eigenvalue weighted by Gasteiger charge is -2.22. The van der Waals surface area contributed by atoms with E-state index in [0.717, 1.165) is 13.1 Å². The normalized spacial score (nSPS) is 10.6. The third-order valence-corrected chi connectivity index (χ3v) is 4.87. The Morgan fingerprint density at radius 1 is 0.679 bits per heavy atom. The summed E-state index contributed by atoms with van der Waals surface area (Å²) in [5.41, 5.74) is 3.93. The van der Waals surface area contributed by atoms with Gasteiger partial charge in [-0.3, -0.25) is 0 Å². The molecule has 0 aliphatic rings. The summed E-state index contributed by atoms with van der Waals surface area (Å²) in [5.74, 6) is 0. The summed E-state index contributed by atoms with van der Waals surface area (Å²) in [7, 11) is 0. The summed E-state index contributed by atoms with van der Waals surface area (Å²) in [4.78, 5) is 2.64. The van der Waals surface area contributed by atoms with E-state index in [1.54, 1.807) is 0 Å². The maximum absolute atomic E-state index is 3.60. The molecule has 2 aromatic carbocycles. The fourth-order valence-electron chi connectivity index (χ4n) is 3.20. The summed E-state index contributed by atoms with van der Waals surface area (Å²) >= 11 is 0. The molecule has 2 aromatic rings.